The number of anilines is 1. The second-order valence-corrected chi connectivity index (χ2v) is 5.79. The van der Waals surface area contributed by atoms with E-state index in [2.05, 4.69) is 20.6 Å². The van der Waals surface area contributed by atoms with Crippen molar-refractivity contribution in [3.63, 3.8) is 0 Å². The van der Waals surface area contributed by atoms with E-state index in [-0.39, 0.29) is 17.4 Å². The number of fused-ring (bicyclic) bond motifs is 1. The molecule has 2 aromatic carbocycles. The fourth-order valence-corrected chi connectivity index (χ4v) is 2.80. The minimum atomic E-state index is -1.05. The summed E-state index contributed by atoms with van der Waals surface area (Å²) >= 11 is 0. The summed E-state index contributed by atoms with van der Waals surface area (Å²) in [6.07, 6.45) is 1.33. The number of benzene rings is 2. The first-order valence-electron chi connectivity index (χ1n) is 8.30. The fourth-order valence-electron chi connectivity index (χ4n) is 2.80. The lowest BCUT2D eigenvalue weighted by molar-refractivity contribution is 0.0699. The molecule has 0 radical (unpaired) electrons. The van der Waals surface area contributed by atoms with E-state index in [1.807, 2.05) is 13.0 Å². The van der Waals surface area contributed by atoms with Crippen LogP contribution >= 0.6 is 0 Å². The predicted octanol–water partition coefficient (Wildman–Crippen LogP) is 3.23. The summed E-state index contributed by atoms with van der Waals surface area (Å²) in [6.45, 7) is 3.31. The summed E-state index contributed by atoms with van der Waals surface area (Å²) in [5.74, 6) is -0.855. The third-order valence-electron chi connectivity index (χ3n) is 4.06. The Balaban J connectivity index is 2.01. The molecule has 0 aliphatic rings. The van der Waals surface area contributed by atoms with E-state index in [0.29, 0.717) is 23.3 Å². The molecule has 6 nitrogen and oxygen atoms in total. The molecule has 7 heteroatoms. The highest BCUT2D eigenvalue weighted by molar-refractivity contribution is 6.04. The van der Waals surface area contributed by atoms with Crippen molar-refractivity contribution in [2.45, 2.75) is 13.0 Å². The number of nitrogens with one attached hydrogen (secondary N) is 2. The average Bonchev–Trinajstić information content (AvgIpc) is 2.64. The van der Waals surface area contributed by atoms with Crippen LogP contribution in [0.2, 0.25) is 0 Å². The standard InChI is InChI=1S/C19H19FN4O2/c1-2-21-10-16(12-5-3-6-13(20)9-12)24-18-14-7-4-8-15(19(25)26)17(14)22-11-23-18/h3-9,11,16,21H,2,10H2,1H3,(H,25,26)(H,22,23,24)/t16-/m1/s1. The zero-order valence-corrected chi connectivity index (χ0v) is 14.2. The van der Waals surface area contributed by atoms with Crippen LogP contribution in [0.4, 0.5) is 10.2 Å². The van der Waals surface area contributed by atoms with Crippen molar-refractivity contribution in [3.8, 4) is 0 Å². The maximum absolute atomic E-state index is 13.6. The number of hydrogen-bond donors (Lipinski definition) is 3. The molecule has 0 bridgehead atoms. The summed E-state index contributed by atoms with van der Waals surface area (Å²) in [7, 11) is 0. The van der Waals surface area contributed by atoms with Gasteiger partial charge in [-0.3, -0.25) is 0 Å². The van der Waals surface area contributed by atoms with Crippen LogP contribution in [0.3, 0.4) is 0 Å². The van der Waals surface area contributed by atoms with E-state index < -0.39 is 5.97 Å². The van der Waals surface area contributed by atoms with E-state index in [1.165, 1.54) is 24.5 Å². The van der Waals surface area contributed by atoms with Crippen molar-refractivity contribution in [1.82, 2.24) is 15.3 Å². The van der Waals surface area contributed by atoms with Gasteiger partial charge in [0.1, 0.15) is 18.0 Å². The number of likely N-dealkylation sites (N-methyl/N-ethyl adjacent to an activating group) is 1. The van der Waals surface area contributed by atoms with Crippen LogP contribution in [0.1, 0.15) is 28.9 Å². The molecule has 3 N–H and O–H groups in total. The number of aromatic carboxylic acids is 1. The van der Waals surface area contributed by atoms with Gasteiger partial charge in [0.25, 0.3) is 0 Å². The molecule has 0 saturated heterocycles. The van der Waals surface area contributed by atoms with Crippen LogP contribution in [-0.2, 0) is 0 Å². The fraction of sp³-hybridized carbons (Fsp3) is 0.211. The van der Waals surface area contributed by atoms with Crippen molar-refractivity contribution in [3.05, 3.63) is 65.7 Å². The Kier molecular flexibility index (Phi) is 5.38. The largest absolute Gasteiger partial charge is 0.478 e. The van der Waals surface area contributed by atoms with Crippen LogP contribution < -0.4 is 10.6 Å². The highest BCUT2D eigenvalue weighted by Gasteiger charge is 2.16. The summed E-state index contributed by atoms with van der Waals surface area (Å²) < 4.78 is 13.6. The van der Waals surface area contributed by atoms with E-state index >= 15 is 0 Å². The molecule has 1 heterocycles. The first kappa shape index (κ1) is 17.8. The normalized spacial score (nSPS) is 12.1. The van der Waals surface area contributed by atoms with Gasteiger partial charge in [0.05, 0.1) is 17.1 Å². The van der Waals surface area contributed by atoms with Gasteiger partial charge < -0.3 is 15.7 Å². The minimum Gasteiger partial charge on any atom is -0.478 e. The Morgan fingerprint density at radius 2 is 2.04 bits per heavy atom. The zero-order chi connectivity index (χ0) is 18.5. The number of aromatic nitrogens is 2. The van der Waals surface area contributed by atoms with E-state index in [9.17, 15) is 14.3 Å². The Hall–Kier alpha value is -3.06. The quantitative estimate of drug-likeness (QED) is 0.604. The summed E-state index contributed by atoms with van der Waals surface area (Å²) in [4.78, 5) is 19.8. The van der Waals surface area contributed by atoms with Crippen molar-refractivity contribution >= 4 is 22.7 Å². The highest BCUT2D eigenvalue weighted by Crippen LogP contribution is 2.26. The highest BCUT2D eigenvalue weighted by atomic mass is 19.1. The van der Waals surface area contributed by atoms with Crippen LogP contribution in [0, 0.1) is 5.82 Å². The van der Waals surface area contributed by atoms with Gasteiger partial charge in [-0.2, -0.15) is 0 Å². The number of rotatable bonds is 7. The Labute approximate surface area is 150 Å². The van der Waals surface area contributed by atoms with Gasteiger partial charge in [-0.15, -0.1) is 0 Å². The van der Waals surface area contributed by atoms with Gasteiger partial charge >= 0.3 is 5.97 Å². The number of halogens is 1. The minimum absolute atomic E-state index is 0.113. The van der Waals surface area contributed by atoms with Gasteiger partial charge in [-0.05, 0) is 36.4 Å². The Morgan fingerprint density at radius 3 is 2.77 bits per heavy atom. The predicted molar refractivity (Wildman–Crippen MR) is 97.8 cm³/mol. The molecule has 0 fully saturated rings. The number of hydrogen-bond acceptors (Lipinski definition) is 5. The number of carboxylic acids is 1. The monoisotopic (exact) mass is 354 g/mol. The van der Waals surface area contributed by atoms with E-state index in [0.717, 1.165) is 12.1 Å². The van der Waals surface area contributed by atoms with Crippen LogP contribution in [-0.4, -0.2) is 34.1 Å². The first-order chi connectivity index (χ1) is 12.6. The smallest absolute Gasteiger partial charge is 0.337 e. The maximum atomic E-state index is 13.6. The van der Waals surface area contributed by atoms with E-state index in [4.69, 9.17) is 0 Å². The molecule has 1 atom stereocenters. The molecular weight excluding hydrogens is 335 g/mol. The molecule has 0 saturated carbocycles. The van der Waals surface area contributed by atoms with Gasteiger partial charge in [0.15, 0.2) is 0 Å². The summed E-state index contributed by atoms with van der Waals surface area (Å²) in [5.41, 5.74) is 1.24. The molecule has 0 spiro atoms. The molecule has 0 aliphatic heterocycles. The molecule has 0 aliphatic carbocycles. The van der Waals surface area contributed by atoms with Gasteiger partial charge in [-0.25, -0.2) is 19.2 Å². The van der Waals surface area contributed by atoms with Gasteiger partial charge in [0.2, 0.25) is 0 Å². The number of para-hydroxylation sites is 1. The first-order valence-corrected chi connectivity index (χ1v) is 8.30. The van der Waals surface area contributed by atoms with Gasteiger partial charge in [-0.1, -0.05) is 25.1 Å². The van der Waals surface area contributed by atoms with Crippen molar-refractivity contribution < 1.29 is 14.3 Å². The second kappa shape index (κ2) is 7.88. The molecule has 0 unspecified atom stereocenters. The molecule has 3 rings (SSSR count). The number of carbonyl (C=O) groups is 1. The van der Waals surface area contributed by atoms with E-state index in [1.54, 1.807) is 18.2 Å². The topological polar surface area (TPSA) is 87.1 Å². The van der Waals surface area contributed by atoms with Crippen molar-refractivity contribution in [2.24, 2.45) is 0 Å². The van der Waals surface area contributed by atoms with Crippen LogP contribution in [0.15, 0.2) is 48.8 Å². The van der Waals surface area contributed by atoms with Crippen LogP contribution in [0.25, 0.3) is 10.9 Å². The Morgan fingerprint density at radius 1 is 1.23 bits per heavy atom. The second-order valence-electron chi connectivity index (χ2n) is 5.79. The maximum Gasteiger partial charge on any atom is 0.337 e. The Bertz CT molecular complexity index is 932. The lowest BCUT2D eigenvalue weighted by Crippen LogP contribution is -2.26. The molecule has 0 amide bonds. The molecular formula is C19H19FN4O2. The van der Waals surface area contributed by atoms with Crippen molar-refractivity contribution in [2.75, 3.05) is 18.4 Å². The summed E-state index contributed by atoms with van der Waals surface area (Å²) in [6, 6.07) is 11.0. The lowest BCUT2D eigenvalue weighted by atomic mass is 10.1. The molecule has 26 heavy (non-hydrogen) atoms. The lowest BCUT2D eigenvalue weighted by Gasteiger charge is -2.21. The third-order valence-corrected chi connectivity index (χ3v) is 4.06. The SMILES string of the molecule is CCNC[C@@H](Nc1ncnc2c(C(=O)O)cccc12)c1cccc(F)c1. The summed E-state index contributed by atoms with van der Waals surface area (Å²) in [5, 5.41) is 16.5. The molecule has 3 aromatic rings. The zero-order valence-electron chi connectivity index (χ0n) is 14.2. The van der Waals surface area contributed by atoms with Crippen LogP contribution in [0.5, 0.6) is 0 Å². The molecule has 134 valence electrons. The average molecular weight is 354 g/mol. The van der Waals surface area contributed by atoms with Gasteiger partial charge in [0, 0.05) is 11.9 Å². The third kappa shape index (κ3) is 3.78. The molecule has 1 aromatic heterocycles. The number of nitrogens with zero attached hydrogens (tertiary/aromatic N) is 2. The number of carboxylic acid groups (broad SMARTS) is 1. The van der Waals surface area contributed by atoms with Crippen molar-refractivity contribution in [1.29, 1.82) is 0 Å².